The van der Waals surface area contributed by atoms with E-state index < -0.39 is 0 Å². The van der Waals surface area contributed by atoms with E-state index in [1.165, 1.54) is 0 Å². The van der Waals surface area contributed by atoms with E-state index in [1.807, 2.05) is 24.6 Å². The van der Waals surface area contributed by atoms with E-state index >= 15 is 0 Å². The molecule has 0 unspecified atom stereocenters. The molecule has 0 aromatic heterocycles. The molecule has 0 fully saturated rings. The summed E-state index contributed by atoms with van der Waals surface area (Å²) in [5.41, 5.74) is 13.0. The molecule has 1 aromatic rings. The van der Waals surface area contributed by atoms with Crippen molar-refractivity contribution < 1.29 is 0 Å². The van der Waals surface area contributed by atoms with Crippen molar-refractivity contribution >= 4 is 34.9 Å². The average molecular weight is 200 g/mol. The number of benzene rings is 1. The summed E-state index contributed by atoms with van der Waals surface area (Å²) in [5, 5.41) is 0. The summed E-state index contributed by atoms with van der Waals surface area (Å²) in [6, 6.07) is 3.84. The summed E-state index contributed by atoms with van der Waals surface area (Å²) in [6.45, 7) is 0. The van der Waals surface area contributed by atoms with Crippen LogP contribution in [0.2, 0.25) is 0 Å². The summed E-state index contributed by atoms with van der Waals surface area (Å²) >= 11 is 3.28. The second kappa shape index (κ2) is 3.96. The molecule has 0 radical (unpaired) electrons. The monoisotopic (exact) mass is 200 g/mol. The van der Waals surface area contributed by atoms with Crippen molar-refractivity contribution in [2.24, 2.45) is 0 Å². The lowest BCUT2D eigenvalue weighted by atomic mass is 10.3. The van der Waals surface area contributed by atoms with Gasteiger partial charge in [-0.05, 0) is 24.6 Å². The maximum Gasteiger partial charge on any atom is 0.0473 e. The van der Waals surface area contributed by atoms with Crippen molar-refractivity contribution in [3.05, 3.63) is 12.1 Å². The van der Waals surface area contributed by atoms with Crippen LogP contribution < -0.4 is 11.5 Å². The molecule has 0 atom stereocenters. The van der Waals surface area contributed by atoms with Crippen LogP contribution in [0, 0.1) is 0 Å². The number of nitrogen functional groups attached to an aromatic ring is 2. The number of hydrogen-bond acceptors (Lipinski definition) is 4. The Morgan fingerprint density at radius 3 is 1.67 bits per heavy atom. The summed E-state index contributed by atoms with van der Waals surface area (Å²) in [4.78, 5) is 2.18. The highest BCUT2D eigenvalue weighted by molar-refractivity contribution is 7.99. The lowest BCUT2D eigenvalue weighted by Crippen LogP contribution is -1.94. The second-order valence-corrected chi connectivity index (χ2v) is 4.03. The molecule has 1 aromatic carbocycles. The maximum absolute atomic E-state index is 5.75. The highest BCUT2D eigenvalue weighted by atomic mass is 32.2. The van der Waals surface area contributed by atoms with Gasteiger partial charge in [-0.2, -0.15) is 0 Å². The Balaban J connectivity index is 3.18. The SMILES string of the molecule is CSc1cc(SC)c(N)cc1N. The van der Waals surface area contributed by atoms with Crippen LogP contribution >= 0.6 is 23.5 Å². The van der Waals surface area contributed by atoms with Crippen molar-refractivity contribution in [2.45, 2.75) is 9.79 Å². The quantitative estimate of drug-likeness (QED) is 0.568. The Labute approximate surface area is 81.1 Å². The summed E-state index contributed by atoms with van der Waals surface area (Å²) in [7, 11) is 0. The van der Waals surface area contributed by atoms with Gasteiger partial charge >= 0.3 is 0 Å². The predicted octanol–water partition coefficient (Wildman–Crippen LogP) is 2.29. The van der Waals surface area contributed by atoms with E-state index in [0.29, 0.717) is 0 Å². The van der Waals surface area contributed by atoms with Crippen LogP contribution in [0.15, 0.2) is 21.9 Å². The van der Waals surface area contributed by atoms with Gasteiger partial charge in [-0.15, -0.1) is 23.5 Å². The molecule has 0 amide bonds. The van der Waals surface area contributed by atoms with Crippen LogP contribution in [0.3, 0.4) is 0 Å². The minimum absolute atomic E-state index is 0.762. The molecule has 2 nitrogen and oxygen atoms in total. The van der Waals surface area contributed by atoms with Crippen molar-refractivity contribution in [3.63, 3.8) is 0 Å². The van der Waals surface area contributed by atoms with Gasteiger partial charge in [0.25, 0.3) is 0 Å². The van der Waals surface area contributed by atoms with E-state index in [4.69, 9.17) is 11.5 Å². The molecule has 0 aliphatic rings. The molecule has 12 heavy (non-hydrogen) atoms. The number of thioether (sulfide) groups is 2. The van der Waals surface area contributed by atoms with Gasteiger partial charge in [0.15, 0.2) is 0 Å². The lowest BCUT2D eigenvalue weighted by Gasteiger charge is -2.07. The van der Waals surface area contributed by atoms with Gasteiger partial charge < -0.3 is 11.5 Å². The molecule has 0 saturated heterocycles. The largest absolute Gasteiger partial charge is 0.398 e. The molecule has 0 bridgehead atoms. The van der Waals surface area contributed by atoms with Crippen LogP contribution in [0.4, 0.5) is 11.4 Å². The van der Waals surface area contributed by atoms with Crippen molar-refractivity contribution in [1.82, 2.24) is 0 Å². The Bertz CT molecular complexity index is 261. The number of nitrogens with two attached hydrogens (primary N) is 2. The first-order valence-electron chi connectivity index (χ1n) is 3.46. The molecule has 0 heterocycles. The van der Waals surface area contributed by atoms with Gasteiger partial charge in [0, 0.05) is 21.2 Å². The first-order valence-corrected chi connectivity index (χ1v) is 5.91. The van der Waals surface area contributed by atoms with Crippen LogP contribution in [-0.4, -0.2) is 12.5 Å². The smallest absolute Gasteiger partial charge is 0.0473 e. The van der Waals surface area contributed by atoms with Gasteiger partial charge in [-0.25, -0.2) is 0 Å². The molecule has 66 valence electrons. The fraction of sp³-hybridized carbons (Fsp3) is 0.250. The fourth-order valence-electron chi connectivity index (χ4n) is 0.949. The average Bonchev–Trinajstić information content (AvgIpc) is 2.05. The predicted molar refractivity (Wildman–Crippen MR) is 58.8 cm³/mol. The third-order valence-corrected chi connectivity index (χ3v) is 3.17. The molecule has 1 rings (SSSR count). The van der Waals surface area contributed by atoms with Crippen LogP contribution in [0.1, 0.15) is 0 Å². The minimum atomic E-state index is 0.762. The van der Waals surface area contributed by atoms with Crippen LogP contribution in [0.25, 0.3) is 0 Å². The Morgan fingerprint density at radius 2 is 1.33 bits per heavy atom. The minimum Gasteiger partial charge on any atom is -0.398 e. The molecule has 0 spiro atoms. The van der Waals surface area contributed by atoms with Gasteiger partial charge in [0.05, 0.1) is 0 Å². The van der Waals surface area contributed by atoms with E-state index in [2.05, 4.69) is 0 Å². The summed E-state index contributed by atoms with van der Waals surface area (Å²) in [5.74, 6) is 0. The zero-order chi connectivity index (χ0) is 9.14. The van der Waals surface area contributed by atoms with Gasteiger partial charge in [0.2, 0.25) is 0 Å². The van der Waals surface area contributed by atoms with E-state index in [1.54, 1.807) is 23.5 Å². The number of rotatable bonds is 2. The Hall–Kier alpha value is -0.480. The summed E-state index contributed by atoms with van der Waals surface area (Å²) in [6.07, 6.45) is 4.01. The van der Waals surface area contributed by atoms with E-state index in [0.717, 1.165) is 21.2 Å². The molecular weight excluding hydrogens is 188 g/mol. The van der Waals surface area contributed by atoms with Crippen molar-refractivity contribution in [1.29, 1.82) is 0 Å². The normalized spacial score (nSPS) is 10.2. The van der Waals surface area contributed by atoms with Crippen LogP contribution in [-0.2, 0) is 0 Å². The van der Waals surface area contributed by atoms with Gasteiger partial charge in [0.1, 0.15) is 0 Å². The van der Waals surface area contributed by atoms with Crippen molar-refractivity contribution in [3.8, 4) is 0 Å². The Kier molecular flexibility index (Phi) is 3.17. The fourth-order valence-corrected chi connectivity index (χ4v) is 2.08. The topological polar surface area (TPSA) is 52.0 Å². The standard InChI is InChI=1S/C8H12N2S2/c1-11-7-4-8(12-2)6(10)3-5(7)9/h3-4H,9-10H2,1-2H3. The van der Waals surface area contributed by atoms with Crippen molar-refractivity contribution in [2.75, 3.05) is 24.0 Å². The highest BCUT2D eigenvalue weighted by Crippen LogP contribution is 2.32. The molecule has 0 aliphatic heterocycles. The van der Waals surface area contributed by atoms with E-state index in [-0.39, 0.29) is 0 Å². The van der Waals surface area contributed by atoms with Crippen LogP contribution in [0.5, 0.6) is 0 Å². The molecule has 0 saturated carbocycles. The maximum atomic E-state index is 5.75. The number of hydrogen-bond donors (Lipinski definition) is 2. The molecule has 4 heteroatoms. The first-order chi connectivity index (χ1) is 5.69. The highest BCUT2D eigenvalue weighted by Gasteiger charge is 2.03. The third-order valence-electron chi connectivity index (χ3n) is 1.58. The Morgan fingerprint density at radius 1 is 0.917 bits per heavy atom. The molecule has 4 N–H and O–H groups in total. The summed E-state index contributed by atoms with van der Waals surface area (Å²) < 4.78 is 0. The zero-order valence-corrected chi connectivity index (χ0v) is 8.76. The van der Waals surface area contributed by atoms with E-state index in [9.17, 15) is 0 Å². The number of anilines is 2. The third kappa shape index (κ3) is 1.81. The lowest BCUT2D eigenvalue weighted by molar-refractivity contribution is 1.35. The zero-order valence-electron chi connectivity index (χ0n) is 7.13. The molecular formula is C8H12N2S2. The molecule has 0 aliphatic carbocycles. The first kappa shape index (κ1) is 9.61. The van der Waals surface area contributed by atoms with Gasteiger partial charge in [-0.1, -0.05) is 0 Å². The second-order valence-electron chi connectivity index (χ2n) is 2.34. The van der Waals surface area contributed by atoms with Gasteiger partial charge in [-0.3, -0.25) is 0 Å².